The molecule has 0 aliphatic heterocycles. The molecule has 0 N–H and O–H groups in total. The summed E-state index contributed by atoms with van der Waals surface area (Å²) in [7, 11) is 1.87. The first-order chi connectivity index (χ1) is 8.11. The molecular formula is C13H13N3S. The highest BCUT2D eigenvalue weighted by Gasteiger charge is 2.13. The van der Waals surface area contributed by atoms with Gasteiger partial charge in [0.1, 0.15) is 16.7 Å². The van der Waals surface area contributed by atoms with E-state index in [1.165, 1.54) is 5.56 Å². The molecule has 2 aromatic rings. The van der Waals surface area contributed by atoms with Gasteiger partial charge in [-0.2, -0.15) is 10.4 Å². The molecule has 0 atom stereocenters. The molecule has 0 aliphatic rings. The summed E-state index contributed by atoms with van der Waals surface area (Å²) in [6.07, 6.45) is 0. The SMILES string of the molecule is Cc1cccc(Sc2c(C#N)c(C)nn2C)c1. The number of aromatic nitrogens is 2. The van der Waals surface area contributed by atoms with Crippen LogP contribution in [0, 0.1) is 25.2 Å². The Labute approximate surface area is 105 Å². The Morgan fingerprint density at radius 3 is 2.76 bits per heavy atom. The molecule has 0 saturated heterocycles. The van der Waals surface area contributed by atoms with Gasteiger partial charge in [0.15, 0.2) is 0 Å². The van der Waals surface area contributed by atoms with Gasteiger partial charge in [-0.15, -0.1) is 0 Å². The summed E-state index contributed by atoms with van der Waals surface area (Å²) in [4.78, 5) is 1.13. The minimum atomic E-state index is 0.666. The van der Waals surface area contributed by atoms with Crippen molar-refractivity contribution in [3.05, 3.63) is 41.1 Å². The van der Waals surface area contributed by atoms with E-state index in [-0.39, 0.29) is 0 Å². The number of hydrogen-bond donors (Lipinski definition) is 0. The van der Waals surface area contributed by atoms with Gasteiger partial charge in [-0.25, -0.2) is 0 Å². The van der Waals surface area contributed by atoms with Crippen LogP contribution in [-0.4, -0.2) is 9.78 Å². The maximum absolute atomic E-state index is 9.13. The first-order valence-corrected chi connectivity index (χ1v) is 6.11. The Kier molecular flexibility index (Phi) is 3.21. The average Bonchev–Trinajstić information content (AvgIpc) is 2.53. The maximum atomic E-state index is 9.13. The summed E-state index contributed by atoms with van der Waals surface area (Å²) in [6, 6.07) is 10.4. The number of nitrogens with zero attached hydrogens (tertiary/aromatic N) is 3. The Balaban J connectivity index is 2.40. The van der Waals surface area contributed by atoms with E-state index >= 15 is 0 Å². The fourth-order valence-electron chi connectivity index (χ4n) is 1.67. The second kappa shape index (κ2) is 4.64. The number of rotatable bonds is 2. The first-order valence-electron chi connectivity index (χ1n) is 5.30. The predicted molar refractivity (Wildman–Crippen MR) is 68.0 cm³/mol. The van der Waals surface area contributed by atoms with Gasteiger partial charge in [0, 0.05) is 11.9 Å². The Bertz CT molecular complexity index is 593. The molecule has 0 spiro atoms. The standard InChI is InChI=1S/C13H13N3S/c1-9-5-4-6-11(7-9)17-13-12(8-14)10(2)15-16(13)3/h4-7H,1-3H3. The third-order valence-electron chi connectivity index (χ3n) is 2.49. The van der Waals surface area contributed by atoms with Gasteiger partial charge in [-0.3, -0.25) is 4.68 Å². The third-order valence-corrected chi connectivity index (χ3v) is 3.64. The summed E-state index contributed by atoms with van der Waals surface area (Å²) >= 11 is 1.58. The molecular weight excluding hydrogens is 230 g/mol. The molecule has 0 aliphatic carbocycles. The van der Waals surface area contributed by atoms with E-state index in [2.05, 4.69) is 30.2 Å². The Morgan fingerprint density at radius 1 is 1.35 bits per heavy atom. The fourth-order valence-corrected chi connectivity index (χ4v) is 2.76. The van der Waals surface area contributed by atoms with Gasteiger partial charge in [-0.1, -0.05) is 29.5 Å². The second-order valence-corrected chi connectivity index (χ2v) is 4.98. The molecule has 0 saturated carbocycles. The Morgan fingerprint density at radius 2 is 2.12 bits per heavy atom. The summed E-state index contributed by atoms with van der Waals surface area (Å²) in [5.74, 6) is 0. The molecule has 0 unspecified atom stereocenters. The molecule has 0 bridgehead atoms. The zero-order valence-corrected chi connectivity index (χ0v) is 10.9. The van der Waals surface area contributed by atoms with E-state index in [4.69, 9.17) is 5.26 Å². The highest BCUT2D eigenvalue weighted by Crippen LogP contribution is 2.31. The second-order valence-electron chi connectivity index (χ2n) is 3.92. The molecule has 1 heterocycles. The number of aryl methyl sites for hydroxylation is 3. The van der Waals surface area contributed by atoms with Crippen LogP contribution in [0.3, 0.4) is 0 Å². The van der Waals surface area contributed by atoms with Gasteiger partial charge >= 0.3 is 0 Å². The smallest absolute Gasteiger partial charge is 0.117 e. The lowest BCUT2D eigenvalue weighted by Gasteiger charge is -2.03. The van der Waals surface area contributed by atoms with Gasteiger partial charge in [0.2, 0.25) is 0 Å². The molecule has 0 amide bonds. The van der Waals surface area contributed by atoms with Gasteiger partial charge < -0.3 is 0 Å². The fraction of sp³-hybridized carbons (Fsp3) is 0.231. The van der Waals surface area contributed by atoms with Crippen molar-refractivity contribution in [3.8, 4) is 6.07 Å². The van der Waals surface area contributed by atoms with E-state index in [1.807, 2.05) is 26.1 Å². The molecule has 1 aromatic heterocycles. The lowest BCUT2D eigenvalue weighted by molar-refractivity contribution is 0.692. The van der Waals surface area contributed by atoms with Crippen molar-refractivity contribution in [1.29, 1.82) is 5.26 Å². The third kappa shape index (κ3) is 2.34. The van der Waals surface area contributed by atoms with Crippen molar-refractivity contribution >= 4 is 11.8 Å². The zero-order valence-electron chi connectivity index (χ0n) is 10.1. The molecule has 86 valence electrons. The minimum Gasteiger partial charge on any atom is -0.260 e. The number of nitriles is 1. The molecule has 0 fully saturated rings. The lowest BCUT2D eigenvalue weighted by atomic mass is 10.2. The molecule has 2 rings (SSSR count). The quantitative estimate of drug-likeness (QED) is 0.814. The van der Waals surface area contributed by atoms with E-state index in [1.54, 1.807) is 16.4 Å². The molecule has 0 radical (unpaired) electrons. The van der Waals surface area contributed by atoms with Crippen LogP contribution in [0.1, 0.15) is 16.8 Å². The van der Waals surface area contributed by atoms with Crippen molar-refractivity contribution in [1.82, 2.24) is 9.78 Å². The van der Waals surface area contributed by atoms with E-state index in [0.717, 1.165) is 15.6 Å². The average molecular weight is 243 g/mol. The molecule has 1 aromatic carbocycles. The van der Waals surface area contributed by atoms with Gasteiger partial charge in [-0.05, 0) is 26.0 Å². The van der Waals surface area contributed by atoms with Crippen LogP contribution in [0.2, 0.25) is 0 Å². The van der Waals surface area contributed by atoms with Gasteiger partial charge in [0.25, 0.3) is 0 Å². The van der Waals surface area contributed by atoms with E-state index in [0.29, 0.717) is 5.56 Å². The van der Waals surface area contributed by atoms with Crippen molar-refractivity contribution in [3.63, 3.8) is 0 Å². The normalized spacial score (nSPS) is 10.2. The number of benzene rings is 1. The Hall–Kier alpha value is -1.73. The molecule has 4 heteroatoms. The van der Waals surface area contributed by atoms with Gasteiger partial charge in [0.05, 0.1) is 5.69 Å². The minimum absolute atomic E-state index is 0.666. The van der Waals surface area contributed by atoms with Crippen LogP contribution in [-0.2, 0) is 7.05 Å². The zero-order chi connectivity index (χ0) is 12.4. The topological polar surface area (TPSA) is 41.6 Å². The van der Waals surface area contributed by atoms with Crippen LogP contribution in [0.5, 0.6) is 0 Å². The van der Waals surface area contributed by atoms with E-state index < -0.39 is 0 Å². The summed E-state index contributed by atoms with van der Waals surface area (Å²) in [5.41, 5.74) is 2.66. The highest BCUT2D eigenvalue weighted by molar-refractivity contribution is 7.99. The largest absolute Gasteiger partial charge is 0.260 e. The first kappa shape index (κ1) is 11.7. The molecule has 17 heavy (non-hydrogen) atoms. The van der Waals surface area contributed by atoms with Crippen LogP contribution < -0.4 is 0 Å². The molecule has 3 nitrogen and oxygen atoms in total. The maximum Gasteiger partial charge on any atom is 0.117 e. The van der Waals surface area contributed by atoms with Crippen LogP contribution in [0.15, 0.2) is 34.2 Å². The van der Waals surface area contributed by atoms with E-state index in [9.17, 15) is 0 Å². The van der Waals surface area contributed by atoms with Crippen LogP contribution >= 0.6 is 11.8 Å². The summed E-state index contributed by atoms with van der Waals surface area (Å²) in [6.45, 7) is 3.92. The monoisotopic (exact) mass is 243 g/mol. The van der Waals surface area contributed by atoms with Crippen molar-refractivity contribution < 1.29 is 0 Å². The highest BCUT2D eigenvalue weighted by atomic mass is 32.2. The summed E-state index contributed by atoms with van der Waals surface area (Å²) in [5, 5.41) is 14.3. The van der Waals surface area contributed by atoms with Crippen molar-refractivity contribution in [2.75, 3.05) is 0 Å². The van der Waals surface area contributed by atoms with Crippen LogP contribution in [0.25, 0.3) is 0 Å². The van der Waals surface area contributed by atoms with Crippen molar-refractivity contribution in [2.45, 2.75) is 23.8 Å². The summed E-state index contributed by atoms with van der Waals surface area (Å²) < 4.78 is 1.76. The number of hydrogen-bond acceptors (Lipinski definition) is 3. The predicted octanol–water partition coefficient (Wildman–Crippen LogP) is 3.06. The lowest BCUT2D eigenvalue weighted by Crippen LogP contribution is -1.92. The van der Waals surface area contributed by atoms with Crippen LogP contribution in [0.4, 0.5) is 0 Å². The van der Waals surface area contributed by atoms with Crippen molar-refractivity contribution in [2.24, 2.45) is 7.05 Å².